The molecular formula is C11H11NO2. The first-order chi connectivity index (χ1) is 6.68. The van der Waals surface area contributed by atoms with E-state index >= 15 is 0 Å². The minimum atomic E-state index is -0.795. The molecule has 72 valence electrons. The first-order valence-corrected chi connectivity index (χ1v) is 4.48. The second-order valence-electron chi connectivity index (χ2n) is 3.38. The summed E-state index contributed by atoms with van der Waals surface area (Å²) in [5, 5.41) is 9.95. The Morgan fingerprint density at radius 3 is 2.93 bits per heavy atom. The van der Waals surface area contributed by atoms with Gasteiger partial charge in [0, 0.05) is 11.7 Å². The molecule has 0 aliphatic heterocycles. The third-order valence-electron chi connectivity index (χ3n) is 2.45. The lowest BCUT2D eigenvalue weighted by Gasteiger charge is -2.05. The average molecular weight is 189 g/mol. The maximum absolute atomic E-state index is 10.8. The Kier molecular flexibility index (Phi) is 2.00. The van der Waals surface area contributed by atoms with E-state index in [-0.39, 0.29) is 0 Å². The van der Waals surface area contributed by atoms with Crippen LogP contribution in [0, 0.1) is 0 Å². The van der Waals surface area contributed by atoms with Crippen molar-refractivity contribution in [2.24, 2.45) is 0 Å². The molecule has 1 aromatic carbocycles. The van der Waals surface area contributed by atoms with Gasteiger partial charge in [0.05, 0.1) is 5.92 Å². The van der Waals surface area contributed by atoms with E-state index in [1.807, 2.05) is 30.5 Å². The number of hydrogen-bond donors (Lipinski definition) is 2. The Morgan fingerprint density at radius 2 is 2.21 bits per heavy atom. The van der Waals surface area contributed by atoms with Crippen LogP contribution in [0.15, 0.2) is 30.5 Å². The van der Waals surface area contributed by atoms with Crippen molar-refractivity contribution >= 4 is 16.9 Å². The van der Waals surface area contributed by atoms with Gasteiger partial charge in [-0.2, -0.15) is 0 Å². The van der Waals surface area contributed by atoms with Crippen LogP contribution in [0.4, 0.5) is 0 Å². The standard InChI is InChI=1S/C11H11NO2/c1-7(11(13)14)9-3-2-8-4-5-12-10(8)6-9/h2-7,12H,1H3,(H,13,14). The van der Waals surface area contributed by atoms with E-state index in [2.05, 4.69) is 4.98 Å². The summed E-state index contributed by atoms with van der Waals surface area (Å²) in [6, 6.07) is 7.63. The SMILES string of the molecule is CC(C(=O)O)c1ccc2cc[nH]c2c1. The average Bonchev–Trinajstić information content (AvgIpc) is 2.62. The van der Waals surface area contributed by atoms with Crippen LogP contribution in [0.1, 0.15) is 18.4 Å². The van der Waals surface area contributed by atoms with Gasteiger partial charge in [0.25, 0.3) is 0 Å². The highest BCUT2D eigenvalue weighted by atomic mass is 16.4. The number of nitrogens with one attached hydrogen (secondary N) is 1. The van der Waals surface area contributed by atoms with E-state index < -0.39 is 11.9 Å². The number of aromatic nitrogens is 1. The first kappa shape index (κ1) is 8.81. The zero-order valence-electron chi connectivity index (χ0n) is 7.82. The van der Waals surface area contributed by atoms with Gasteiger partial charge in [-0.05, 0) is 30.0 Å². The van der Waals surface area contributed by atoms with Gasteiger partial charge in [0.1, 0.15) is 0 Å². The van der Waals surface area contributed by atoms with Gasteiger partial charge in [-0.1, -0.05) is 12.1 Å². The highest BCUT2D eigenvalue weighted by Crippen LogP contribution is 2.20. The fraction of sp³-hybridized carbons (Fsp3) is 0.182. The molecular weight excluding hydrogens is 178 g/mol. The van der Waals surface area contributed by atoms with E-state index in [4.69, 9.17) is 5.11 Å². The van der Waals surface area contributed by atoms with Crippen molar-refractivity contribution in [2.75, 3.05) is 0 Å². The quantitative estimate of drug-likeness (QED) is 0.761. The molecule has 0 saturated heterocycles. The third-order valence-corrected chi connectivity index (χ3v) is 2.45. The smallest absolute Gasteiger partial charge is 0.310 e. The molecule has 2 rings (SSSR count). The minimum absolute atomic E-state index is 0.456. The van der Waals surface area contributed by atoms with Crippen LogP contribution in [-0.2, 0) is 4.79 Å². The van der Waals surface area contributed by atoms with Crippen molar-refractivity contribution in [3.63, 3.8) is 0 Å². The lowest BCUT2D eigenvalue weighted by atomic mass is 10.0. The largest absolute Gasteiger partial charge is 0.481 e. The number of H-pyrrole nitrogens is 1. The molecule has 0 saturated carbocycles. The van der Waals surface area contributed by atoms with Crippen LogP contribution in [-0.4, -0.2) is 16.1 Å². The van der Waals surface area contributed by atoms with Gasteiger partial charge < -0.3 is 10.1 Å². The summed E-state index contributed by atoms with van der Waals surface area (Å²) in [6.45, 7) is 1.69. The second-order valence-corrected chi connectivity index (χ2v) is 3.38. The van der Waals surface area contributed by atoms with Crippen LogP contribution in [0.3, 0.4) is 0 Å². The van der Waals surface area contributed by atoms with Gasteiger partial charge in [-0.15, -0.1) is 0 Å². The van der Waals surface area contributed by atoms with E-state index in [1.54, 1.807) is 6.92 Å². The maximum atomic E-state index is 10.8. The first-order valence-electron chi connectivity index (χ1n) is 4.48. The Hall–Kier alpha value is -1.77. The van der Waals surface area contributed by atoms with Crippen molar-refractivity contribution in [3.05, 3.63) is 36.0 Å². The zero-order valence-corrected chi connectivity index (χ0v) is 7.82. The lowest BCUT2D eigenvalue weighted by Crippen LogP contribution is -2.06. The van der Waals surface area contributed by atoms with Gasteiger partial charge in [0.15, 0.2) is 0 Å². The van der Waals surface area contributed by atoms with Crippen molar-refractivity contribution in [1.29, 1.82) is 0 Å². The molecule has 0 radical (unpaired) electrons. The highest BCUT2D eigenvalue weighted by Gasteiger charge is 2.13. The molecule has 0 bridgehead atoms. The molecule has 1 heterocycles. The number of carboxylic acid groups (broad SMARTS) is 1. The fourth-order valence-electron chi connectivity index (χ4n) is 1.48. The summed E-state index contributed by atoms with van der Waals surface area (Å²) < 4.78 is 0. The highest BCUT2D eigenvalue weighted by molar-refractivity contribution is 5.82. The normalized spacial score (nSPS) is 12.9. The summed E-state index contributed by atoms with van der Waals surface area (Å²) in [5.74, 6) is -1.25. The van der Waals surface area contributed by atoms with Crippen molar-refractivity contribution in [1.82, 2.24) is 4.98 Å². The fourth-order valence-corrected chi connectivity index (χ4v) is 1.48. The van der Waals surface area contributed by atoms with Gasteiger partial charge in [-0.3, -0.25) is 4.79 Å². The van der Waals surface area contributed by atoms with Crippen molar-refractivity contribution in [2.45, 2.75) is 12.8 Å². The van der Waals surface area contributed by atoms with Crippen molar-refractivity contribution in [3.8, 4) is 0 Å². The van der Waals surface area contributed by atoms with E-state index in [0.29, 0.717) is 0 Å². The van der Waals surface area contributed by atoms with Gasteiger partial charge >= 0.3 is 5.97 Å². The van der Waals surface area contributed by atoms with E-state index in [9.17, 15) is 4.79 Å². The Balaban J connectivity index is 2.48. The van der Waals surface area contributed by atoms with Crippen LogP contribution >= 0.6 is 0 Å². The summed E-state index contributed by atoms with van der Waals surface area (Å²) in [4.78, 5) is 13.8. The lowest BCUT2D eigenvalue weighted by molar-refractivity contribution is -0.138. The number of carbonyl (C=O) groups is 1. The number of fused-ring (bicyclic) bond motifs is 1. The van der Waals surface area contributed by atoms with Crippen molar-refractivity contribution < 1.29 is 9.90 Å². The molecule has 0 aliphatic rings. The Bertz CT molecular complexity index is 473. The molecule has 3 heteroatoms. The van der Waals surface area contributed by atoms with Gasteiger partial charge in [-0.25, -0.2) is 0 Å². The number of aliphatic carboxylic acids is 1. The molecule has 0 amide bonds. The number of rotatable bonds is 2. The van der Waals surface area contributed by atoms with E-state index in [0.717, 1.165) is 16.5 Å². The van der Waals surface area contributed by atoms with Crippen LogP contribution in [0.2, 0.25) is 0 Å². The number of benzene rings is 1. The second kappa shape index (κ2) is 3.18. The molecule has 2 N–H and O–H groups in total. The molecule has 2 aromatic rings. The topological polar surface area (TPSA) is 53.1 Å². The summed E-state index contributed by atoms with van der Waals surface area (Å²) in [6.07, 6.45) is 1.85. The maximum Gasteiger partial charge on any atom is 0.310 e. The number of aromatic amines is 1. The molecule has 1 atom stereocenters. The van der Waals surface area contributed by atoms with Crippen LogP contribution in [0.5, 0.6) is 0 Å². The monoisotopic (exact) mass is 189 g/mol. The third kappa shape index (κ3) is 1.37. The summed E-state index contributed by atoms with van der Waals surface area (Å²) >= 11 is 0. The minimum Gasteiger partial charge on any atom is -0.481 e. The summed E-state index contributed by atoms with van der Waals surface area (Å²) in [7, 11) is 0. The molecule has 14 heavy (non-hydrogen) atoms. The molecule has 0 spiro atoms. The molecule has 0 aliphatic carbocycles. The summed E-state index contributed by atoms with van der Waals surface area (Å²) in [5.41, 5.74) is 1.81. The molecule has 3 nitrogen and oxygen atoms in total. The van der Waals surface area contributed by atoms with E-state index in [1.165, 1.54) is 0 Å². The zero-order chi connectivity index (χ0) is 10.1. The van der Waals surface area contributed by atoms with Crippen LogP contribution < -0.4 is 0 Å². The predicted molar refractivity (Wildman–Crippen MR) is 54.3 cm³/mol. The number of hydrogen-bond acceptors (Lipinski definition) is 1. The van der Waals surface area contributed by atoms with Crippen LogP contribution in [0.25, 0.3) is 10.9 Å². The molecule has 0 fully saturated rings. The number of carboxylic acids is 1. The molecule has 1 aromatic heterocycles. The predicted octanol–water partition coefficient (Wildman–Crippen LogP) is 2.36. The molecule has 1 unspecified atom stereocenters. The Morgan fingerprint density at radius 1 is 1.43 bits per heavy atom. The Labute approximate surface area is 81.4 Å². The van der Waals surface area contributed by atoms with Gasteiger partial charge in [0.2, 0.25) is 0 Å².